The number of halogens is 4. The average Bonchev–Trinajstić information content (AvgIpc) is 2.77. The van der Waals surface area contributed by atoms with Crippen LogP contribution in [0.4, 0.5) is 8.78 Å². The van der Waals surface area contributed by atoms with Gasteiger partial charge in [-0.15, -0.1) is 0 Å². The van der Waals surface area contributed by atoms with E-state index in [0.717, 1.165) is 0 Å². The smallest absolute Gasteiger partial charge is 0.207 e. The maximum atomic E-state index is 13.7. The zero-order chi connectivity index (χ0) is 22.2. The molecule has 0 amide bonds. The van der Waals surface area contributed by atoms with E-state index in [1.807, 2.05) is 0 Å². The molecule has 0 aromatic heterocycles. The molecule has 0 atom stereocenters. The minimum absolute atomic E-state index is 0.0401. The molecule has 0 unspecified atom stereocenters. The predicted octanol–water partition coefficient (Wildman–Crippen LogP) is 7.44. The summed E-state index contributed by atoms with van der Waals surface area (Å²) in [6, 6.07) is 20.9. The summed E-state index contributed by atoms with van der Waals surface area (Å²) in [6.07, 6.45) is 0. The molecule has 0 saturated carbocycles. The van der Waals surface area contributed by atoms with Crippen LogP contribution < -0.4 is 0 Å². The Bertz CT molecular complexity index is 1300. The quantitative estimate of drug-likeness (QED) is 0.308. The number of hydrogen-bond acceptors (Lipinski definition) is 2. The van der Waals surface area contributed by atoms with Crippen LogP contribution in [-0.2, 0) is 9.84 Å². The third-order valence-corrected chi connectivity index (χ3v) is 7.26. The lowest BCUT2D eigenvalue weighted by atomic mass is 10.1. The molecule has 4 aromatic rings. The van der Waals surface area contributed by atoms with Crippen LogP contribution in [0, 0.1) is 11.6 Å². The Morgan fingerprint density at radius 2 is 0.968 bits per heavy atom. The van der Waals surface area contributed by atoms with Gasteiger partial charge in [0.05, 0.1) is 19.8 Å². The molecule has 31 heavy (non-hydrogen) atoms. The van der Waals surface area contributed by atoms with Crippen molar-refractivity contribution >= 4 is 33.0 Å². The van der Waals surface area contributed by atoms with Gasteiger partial charge in [-0.25, -0.2) is 17.2 Å². The van der Waals surface area contributed by atoms with E-state index in [-0.39, 0.29) is 19.8 Å². The molecule has 0 N–H and O–H groups in total. The van der Waals surface area contributed by atoms with Gasteiger partial charge in [-0.2, -0.15) is 0 Å². The highest BCUT2D eigenvalue weighted by atomic mass is 35.5. The van der Waals surface area contributed by atoms with Crippen molar-refractivity contribution in [3.05, 3.63) is 107 Å². The van der Waals surface area contributed by atoms with Crippen molar-refractivity contribution in [3.8, 4) is 22.3 Å². The van der Waals surface area contributed by atoms with Crippen LogP contribution in [0.15, 0.2) is 94.7 Å². The minimum atomic E-state index is -4.02. The zero-order valence-electron chi connectivity index (χ0n) is 15.8. The van der Waals surface area contributed by atoms with E-state index in [2.05, 4.69) is 0 Å². The second-order valence-electron chi connectivity index (χ2n) is 6.75. The number of hydrogen-bond donors (Lipinski definition) is 0. The van der Waals surface area contributed by atoms with Crippen molar-refractivity contribution in [2.24, 2.45) is 0 Å². The van der Waals surface area contributed by atoms with Crippen LogP contribution in [0.1, 0.15) is 0 Å². The summed E-state index contributed by atoms with van der Waals surface area (Å²) in [4.78, 5) is 0.0802. The van der Waals surface area contributed by atoms with Gasteiger partial charge in [0.2, 0.25) is 9.84 Å². The van der Waals surface area contributed by atoms with Crippen LogP contribution >= 0.6 is 23.2 Å². The van der Waals surface area contributed by atoms with Crippen LogP contribution in [-0.4, -0.2) is 8.42 Å². The van der Waals surface area contributed by atoms with Gasteiger partial charge < -0.3 is 0 Å². The number of sulfone groups is 1. The molecule has 0 heterocycles. The fourth-order valence-corrected chi connectivity index (χ4v) is 5.39. The van der Waals surface area contributed by atoms with Crippen molar-refractivity contribution in [1.82, 2.24) is 0 Å². The predicted molar refractivity (Wildman–Crippen MR) is 119 cm³/mol. The fraction of sp³-hybridized carbons (Fsp3) is 0. The Morgan fingerprint density at radius 1 is 0.581 bits per heavy atom. The number of benzene rings is 4. The summed E-state index contributed by atoms with van der Waals surface area (Å²) in [7, 11) is -4.02. The zero-order valence-corrected chi connectivity index (χ0v) is 18.1. The second kappa shape index (κ2) is 8.42. The minimum Gasteiger partial charge on any atom is -0.218 e. The molecule has 4 aromatic carbocycles. The normalized spacial score (nSPS) is 11.5. The molecule has 0 fully saturated rings. The average molecular weight is 475 g/mol. The van der Waals surface area contributed by atoms with Crippen LogP contribution in [0.25, 0.3) is 22.3 Å². The molecule has 7 heteroatoms. The third-order valence-electron chi connectivity index (χ3n) is 4.81. The fourth-order valence-electron chi connectivity index (χ4n) is 3.32. The van der Waals surface area contributed by atoms with Crippen molar-refractivity contribution in [3.63, 3.8) is 0 Å². The van der Waals surface area contributed by atoms with Gasteiger partial charge in [-0.3, -0.25) is 0 Å². The largest absolute Gasteiger partial charge is 0.218 e. The lowest BCUT2D eigenvalue weighted by molar-refractivity contribution is 0.596. The first kappa shape index (κ1) is 21.5. The van der Waals surface area contributed by atoms with Crippen molar-refractivity contribution in [2.75, 3.05) is 0 Å². The first-order valence-corrected chi connectivity index (χ1v) is 11.4. The Balaban J connectivity index is 1.92. The highest BCUT2D eigenvalue weighted by Crippen LogP contribution is 2.37. The van der Waals surface area contributed by atoms with E-state index in [1.165, 1.54) is 48.5 Å². The van der Waals surface area contributed by atoms with Crippen molar-refractivity contribution < 1.29 is 17.2 Å². The topological polar surface area (TPSA) is 34.1 Å². The van der Waals surface area contributed by atoms with Crippen LogP contribution in [0.2, 0.25) is 10.0 Å². The SMILES string of the molecule is O=S(=O)(c1ccccc1-c1ccc(F)c(Cl)c1)c1ccccc1-c1ccc(F)c(Cl)c1. The van der Waals surface area contributed by atoms with E-state index in [1.54, 1.807) is 36.4 Å². The molecular weight excluding hydrogens is 461 g/mol. The maximum absolute atomic E-state index is 13.7. The molecular formula is C24H14Cl2F2O2S. The first-order valence-electron chi connectivity index (χ1n) is 9.13. The Morgan fingerprint density at radius 3 is 1.35 bits per heavy atom. The molecule has 2 nitrogen and oxygen atoms in total. The summed E-state index contributed by atoms with van der Waals surface area (Å²) in [5.41, 5.74) is 1.70. The van der Waals surface area contributed by atoms with Crippen LogP contribution in [0.3, 0.4) is 0 Å². The molecule has 0 spiro atoms. The van der Waals surface area contributed by atoms with Crippen molar-refractivity contribution in [1.29, 1.82) is 0 Å². The van der Waals surface area contributed by atoms with E-state index >= 15 is 0 Å². The molecule has 0 radical (unpaired) electrons. The highest BCUT2D eigenvalue weighted by Gasteiger charge is 2.25. The van der Waals surface area contributed by atoms with E-state index < -0.39 is 21.5 Å². The van der Waals surface area contributed by atoms with Gasteiger partial charge in [-0.1, -0.05) is 71.7 Å². The van der Waals surface area contributed by atoms with Crippen LogP contribution in [0.5, 0.6) is 0 Å². The van der Waals surface area contributed by atoms with Gasteiger partial charge in [0, 0.05) is 11.1 Å². The van der Waals surface area contributed by atoms with Gasteiger partial charge in [0.15, 0.2) is 0 Å². The Hall–Kier alpha value is -2.73. The molecule has 0 aliphatic heterocycles. The summed E-state index contributed by atoms with van der Waals surface area (Å²) in [6.45, 7) is 0. The standard InChI is InChI=1S/C24H14Cl2F2O2S/c25-19-13-15(9-11-21(19)27)17-5-1-3-7-23(17)31(29,30)24-8-4-2-6-18(24)16-10-12-22(28)20(26)14-16/h1-14H. The Kier molecular flexibility index (Phi) is 5.84. The number of rotatable bonds is 4. The maximum Gasteiger partial charge on any atom is 0.207 e. The molecule has 0 aliphatic rings. The van der Waals surface area contributed by atoms with E-state index in [0.29, 0.717) is 22.3 Å². The van der Waals surface area contributed by atoms with E-state index in [4.69, 9.17) is 23.2 Å². The van der Waals surface area contributed by atoms with Gasteiger partial charge in [-0.05, 0) is 47.5 Å². The van der Waals surface area contributed by atoms with E-state index in [9.17, 15) is 17.2 Å². The lowest BCUT2D eigenvalue weighted by Crippen LogP contribution is -2.06. The monoisotopic (exact) mass is 474 g/mol. The summed E-state index contributed by atoms with van der Waals surface area (Å²) < 4.78 is 54.7. The molecule has 0 saturated heterocycles. The van der Waals surface area contributed by atoms with Gasteiger partial charge in [0.25, 0.3) is 0 Å². The molecule has 0 aliphatic carbocycles. The molecule has 4 rings (SSSR count). The van der Waals surface area contributed by atoms with Gasteiger partial charge >= 0.3 is 0 Å². The summed E-state index contributed by atoms with van der Waals surface area (Å²) in [5.74, 6) is -1.19. The lowest BCUT2D eigenvalue weighted by Gasteiger charge is -2.15. The molecule has 156 valence electrons. The van der Waals surface area contributed by atoms with Gasteiger partial charge in [0.1, 0.15) is 11.6 Å². The highest BCUT2D eigenvalue weighted by molar-refractivity contribution is 7.91. The second-order valence-corrected chi connectivity index (χ2v) is 9.45. The third kappa shape index (κ3) is 4.09. The molecule has 0 bridgehead atoms. The first-order chi connectivity index (χ1) is 14.8. The Labute approximate surface area is 188 Å². The summed E-state index contributed by atoms with van der Waals surface area (Å²) in [5, 5.41) is -0.211. The van der Waals surface area contributed by atoms with Crippen molar-refractivity contribution in [2.45, 2.75) is 9.79 Å². The summed E-state index contributed by atoms with van der Waals surface area (Å²) >= 11 is 11.8.